The first-order valence-corrected chi connectivity index (χ1v) is 31.6. The van der Waals surface area contributed by atoms with Crippen molar-refractivity contribution in [3.8, 4) is 0 Å². The zero-order valence-electron chi connectivity index (χ0n) is 48.2. The quantitative estimate of drug-likeness (QED) is 0.0261. The predicted molar refractivity (Wildman–Crippen MR) is 312 cm³/mol. The van der Waals surface area contributed by atoms with E-state index in [1.807, 2.05) is 0 Å². The fourth-order valence-electron chi connectivity index (χ4n) is 9.28. The summed E-state index contributed by atoms with van der Waals surface area (Å²) in [5.74, 6) is -0.884. The smallest absolute Gasteiger partial charge is 0.306 e. The molecule has 0 bridgehead atoms. The molecule has 0 heterocycles. The molecule has 0 aliphatic rings. The Morgan fingerprint density at radius 1 is 0.278 bits per heavy atom. The third-order valence-electron chi connectivity index (χ3n) is 14.0. The number of hydrogen-bond acceptors (Lipinski definition) is 6. The molecule has 0 radical (unpaired) electrons. The maximum absolute atomic E-state index is 12.9. The van der Waals surface area contributed by atoms with E-state index < -0.39 is 6.10 Å². The lowest BCUT2D eigenvalue weighted by molar-refractivity contribution is -0.167. The average Bonchev–Trinajstić information content (AvgIpc) is 3.38. The molecule has 0 saturated carbocycles. The van der Waals surface area contributed by atoms with E-state index in [0.717, 1.165) is 96.3 Å². The Kier molecular flexibility index (Phi) is 58.7. The van der Waals surface area contributed by atoms with E-state index in [4.69, 9.17) is 14.2 Å². The summed E-state index contributed by atoms with van der Waals surface area (Å²) in [4.78, 5) is 38.2. The normalized spacial score (nSPS) is 12.3. The van der Waals surface area contributed by atoms with E-state index >= 15 is 0 Å². The molecule has 0 aromatic heterocycles. The van der Waals surface area contributed by atoms with Crippen LogP contribution >= 0.6 is 0 Å². The lowest BCUT2D eigenvalue weighted by Gasteiger charge is -2.18. The largest absolute Gasteiger partial charge is 0.462 e. The fourth-order valence-corrected chi connectivity index (χ4v) is 9.28. The number of carbonyl (C=O) groups is 3. The van der Waals surface area contributed by atoms with E-state index in [9.17, 15) is 14.4 Å². The minimum Gasteiger partial charge on any atom is -0.462 e. The Hall–Kier alpha value is -2.63. The number of ether oxygens (including phenoxy) is 3. The second kappa shape index (κ2) is 60.9. The molecule has 0 amide bonds. The van der Waals surface area contributed by atoms with Crippen LogP contribution in [-0.4, -0.2) is 37.2 Å². The summed E-state index contributed by atoms with van der Waals surface area (Å²) >= 11 is 0. The van der Waals surface area contributed by atoms with Gasteiger partial charge in [-0.05, 0) is 77.0 Å². The van der Waals surface area contributed by atoms with Crippen LogP contribution in [0.5, 0.6) is 0 Å². The van der Waals surface area contributed by atoms with E-state index in [0.29, 0.717) is 19.3 Å². The first-order chi connectivity index (χ1) is 35.5. The molecule has 1 unspecified atom stereocenters. The van der Waals surface area contributed by atoms with Crippen molar-refractivity contribution in [1.29, 1.82) is 0 Å². The fraction of sp³-hybridized carbons (Fsp3) is 0.833. The van der Waals surface area contributed by atoms with Crippen molar-refractivity contribution in [2.24, 2.45) is 0 Å². The van der Waals surface area contributed by atoms with Gasteiger partial charge in [0.1, 0.15) is 13.2 Å². The molecule has 0 aliphatic heterocycles. The summed E-state index contributed by atoms with van der Waals surface area (Å²) in [6.07, 6.45) is 75.6. The molecule has 6 nitrogen and oxygen atoms in total. The Morgan fingerprint density at radius 2 is 0.528 bits per heavy atom. The molecule has 0 spiro atoms. The van der Waals surface area contributed by atoms with Crippen LogP contribution in [0, 0.1) is 0 Å². The van der Waals surface area contributed by atoms with Crippen LogP contribution < -0.4 is 0 Å². The summed E-state index contributed by atoms with van der Waals surface area (Å²) in [5.41, 5.74) is 0. The van der Waals surface area contributed by atoms with Gasteiger partial charge in [0.05, 0.1) is 0 Å². The van der Waals surface area contributed by atoms with Gasteiger partial charge in [-0.2, -0.15) is 0 Å². The maximum atomic E-state index is 12.9. The molecule has 0 aromatic carbocycles. The van der Waals surface area contributed by atoms with Crippen LogP contribution in [0.2, 0.25) is 0 Å². The molecule has 72 heavy (non-hydrogen) atoms. The Balaban J connectivity index is 4.24. The molecule has 6 heteroatoms. The molecular formula is C66H120O6. The number of allylic oxidation sites excluding steroid dienone is 8. The van der Waals surface area contributed by atoms with Crippen LogP contribution in [0.3, 0.4) is 0 Å². The third-order valence-corrected chi connectivity index (χ3v) is 14.0. The second-order valence-electron chi connectivity index (χ2n) is 21.3. The number of rotatable bonds is 58. The molecule has 420 valence electrons. The Morgan fingerprint density at radius 3 is 0.847 bits per heavy atom. The molecule has 0 saturated heterocycles. The van der Waals surface area contributed by atoms with Gasteiger partial charge in [0, 0.05) is 19.3 Å². The van der Waals surface area contributed by atoms with Crippen LogP contribution in [0.4, 0.5) is 0 Å². The number of carbonyl (C=O) groups excluding carboxylic acids is 3. The molecule has 0 N–H and O–H groups in total. The maximum Gasteiger partial charge on any atom is 0.306 e. The van der Waals surface area contributed by atoms with Crippen LogP contribution in [0.1, 0.15) is 335 Å². The van der Waals surface area contributed by atoms with Crippen LogP contribution in [0.15, 0.2) is 48.6 Å². The molecule has 0 aliphatic carbocycles. The van der Waals surface area contributed by atoms with Gasteiger partial charge in [0.2, 0.25) is 0 Å². The van der Waals surface area contributed by atoms with Gasteiger partial charge in [-0.15, -0.1) is 0 Å². The van der Waals surface area contributed by atoms with Gasteiger partial charge in [-0.3, -0.25) is 14.4 Å². The van der Waals surface area contributed by atoms with Gasteiger partial charge in [0.15, 0.2) is 6.10 Å². The number of hydrogen-bond donors (Lipinski definition) is 0. The second-order valence-corrected chi connectivity index (χ2v) is 21.3. The molecule has 1 atom stereocenters. The molecular weight excluding hydrogens is 889 g/mol. The summed E-state index contributed by atoms with van der Waals surface area (Å²) < 4.78 is 16.9. The van der Waals surface area contributed by atoms with Crippen molar-refractivity contribution in [1.82, 2.24) is 0 Å². The Labute approximate surface area is 448 Å². The van der Waals surface area contributed by atoms with Crippen molar-refractivity contribution >= 4 is 17.9 Å². The predicted octanol–water partition coefficient (Wildman–Crippen LogP) is 21.4. The first-order valence-electron chi connectivity index (χ1n) is 31.6. The summed E-state index contributed by atoms with van der Waals surface area (Å²) in [5, 5.41) is 0. The van der Waals surface area contributed by atoms with Gasteiger partial charge < -0.3 is 14.2 Å². The topological polar surface area (TPSA) is 78.9 Å². The van der Waals surface area contributed by atoms with Crippen molar-refractivity contribution in [2.45, 2.75) is 341 Å². The summed E-state index contributed by atoms with van der Waals surface area (Å²) in [7, 11) is 0. The highest BCUT2D eigenvalue weighted by molar-refractivity contribution is 5.71. The van der Waals surface area contributed by atoms with Crippen molar-refractivity contribution in [2.75, 3.05) is 13.2 Å². The zero-order valence-corrected chi connectivity index (χ0v) is 48.2. The molecule has 0 rings (SSSR count). The van der Waals surface area contributed by atoms with Gasteiger partial charge >= 0.3 is 17.9 Å². The minimum absolute atomic E-state index is 0.0781. The minimum atomic E-state index is -0.782. The Bertz CT molecular complexity index is 1250. The highest BCUT2D eigenvalue weighted by Crippen LogP contribution is 2.17. The number of esters is 3. The standard InChI is InChI=1S/C66H120O6/c1-4-7-10-13-16-19-22-24-26-28-30-32-33-35-36-38-40-42-44-47-50-53-56-59-65(68)71-62-63(61-70-64(67)58-55-52-49-46-21-18-15-12-9-6-3)72-66(69)60-57-54-51-48-45-43-41-39-37-34-31-29-27-25-23-20-17-14-11-8-5-2/h12,15,23,25,29,31,37,39,63H,4-11,13-14,16-22,24,26-28,30,32-36,38,40-62H2,1-3H3/b15-12-,25-23-,31-29-,39-37-. The zero-order chi connectivity index (χ0) is 52.2. The number of unbranched alkanes of at least 4 members (excludes halogenated alkanes) is 39. The third kappa shape index (κ3) is 58.3. The van der Waals surface area contributed by atoms with Crippen molar-refractivity contribution < 1.29 is 28.6 Å². The van der Waals surface area contributed by atoms with Gasteiger partial charge in [-0.1, -0.05) is 288 Å². The monoisotopic (exact) mass is 1010 g/mol. The lowest BCUT2D eigenvalue weighted by atomic mass is 10.0. The van der Waals surface area contributed by atoms with E-state index in [1.165, 1.54) is 199 Å². The van der Waals surface area contributed by atoms with Crippen molar-refractivity contribution in [3.63, 3.8) is 0 Å². The van der Waals surface area contributed by atoms with Crippen LogP contribution in [0.25, 0.3) is 0 Å². The van der Waals surface area contributed by atoms with E-state index in [-0.39, 0.29) is 31.1 Å². The molecule has 0 aromatic rings. The first kappa shape index (κ1) is 69.4. The SMILES string of the molecule is CCC/C=C\CCCCCCCC(=O)OCC(COC(=O)CCCCCCCCCCCCCCCCCCCCCCCCC)OC(=O)CCCCCCCC/C=C\C/C=C\C/C=C\CCCCCCC. The highest BCUT2D eigenvalue weighted by atomic mass is 16.6. The average molecular weight is 1010 g/mol. The summed E-state index contributed by atoms with van der Waals surface area (Å²) in [6.45, 7) is 6.60. The van der Waals surface area contributed by atoms with Crippen LogP contribution in [-0.2, 0) is 28.6 Å². The molecule has 0 fully saturated rings. The van der Waals surface area contributed by atoms with E-state index in [2.05, 4.69) is 69.4 Å². The van der Waals surface area contributed by atoms with Gasteiger partial charge in [0.25, 0.3) is 0 Å². The lowest BCUT2D eigenvalue weighted by Crippen LogP contribution is -2.30. The van der Waals surface area contributed by atoms with Gasteiger partial charge in [-0.25, -0.2) is 0 Å². The summed E-state index contributed by atoms with van der Waals surface area (Å²) in [6, 6.07) is 0. The highest BCUT2D eigenvalue weighted by Gasteiger charge is 2.19. The van der Waals surface area contributed by atoms with E-state index in [1.54, 1.807) is 0 Å². The van der Waals surface area contributed by atoms with Crippen molar-refractivity contribution in [3.05, 3.63) is 48.6 Å².